The highest BCUT2D eigenvalue weighted by Gasteiger charge is 2.09. The van der Waals surface area contributed by atoms with Crippen LogP contribution in [-0.4, -0.2) is 12.6 Å². The molecule has 0 saturated carbocycles. The van der Waals surface area contributed by atoms with Crippen molar-refractivity contribution in [2.24, 2.45) is 0 Å². The van der Waals surface area contributed by atoms with E-state index in [1.54, 1.807) is 0 Å². The summed E-state index contributed by atoms with van der Waals surface area (Å²) in [4.78, 5) is 0. The smallest absolute Gasteiger partial charge is 0.147 e. The van der Waals surface area contributed by atoms with E-state index in [0.717, 1.165) is 34.1 Å². The topological polar surface area (TPSA) is 21.3 Å². The van der Waals surface area contributed by atoms with Crippen LogP contribution in [0.3, 0.4) is 0 Å². The van der Waals surface area contributed by atoms with Gasteiger partial charge in [-0.1, -0.05) is 13.8 Å². The fourth-order valence-corrected chi connectivity index (χ4v) is 3.35. The highest BCUT2D eigenvalue weighted by Crippen LogP contribution is 2.34. The van der Waals surface area contributed by atoms with Crippen LogP contribution in [0.25, 0.3) is 0 Å². The molecule has 0 bridgehead atoms. The Labute approximate surface area is 127 Å². The first-order chi connectivity index (χ1) is 8.62. The van der Waals surface area contributed by atoms with E-state index in [0.29, 0.717) is 12.6 Å². The first-order valence-corrected chi connectivity index (χ1v) is 8.05. The molecule has 1 aromatic carbocycles. The molecular formula is C14H21Br2NO. The monoisotopic (exact) mass is 377 g/mol. The van der Waals surface area contributed by atoms with Gasteiger partial charge in [0.2, 0.25) is 0 Å². The molecule has 4 heteroatoms. The van der Waals surface area contributed by atoms with Crippen molar-refractivity contribution in [2.45, 2.75) is 46.2 Å². The van der Waals surface area contributed by atoms with Gasteiger partial charge in [-0.05, 0) is 69.3 Å². The van der Waals surface area contributed by atoms with Gasteiger partial charge in [0.15, 0.2) is 0 Å². The Balaban J connectivity index is 2.73. The normalized spacial score (nSPS) is 11.0. The Kier molecular flexibility index (Phi) is 7.27. The molecule has 0 radical (unpaired) electrons. The van der Waals surface area contributed by atoms with Gasteiger partial charge in [-0.25, -0.2) is 0 Å². The first kappa shape index (κ1) is 16.0. The fourth-order valence-electron chi connectivity index (χ4n) is 1.84. The number of benzene rings is 1. The summed E-state index contributed by atoms with van der Waals surface area (Å²) < 4.78 is 7.58. The molecule has 0 saturated heterocycles. The van der Waals surface area contributed by atoms with Gasteiger partial charge in [0.1, 0.15) is 5.75 Å². The van der Waals surface area contributed by atoms with Crippen LogP contribution in [0.5, 0.6) is 5.75 Å². The molecule has 0 aromatic heterocycles. The van der Waals surface area contributed by atoms with Crippen molar-refractivity contribution < 1.29 is 4.74 Å². The maximum Gasteiger partial charge on any atom is 0.147 e. The maximum absolute atomic E-state index is 5.58. The van der Waals surface area contributed by atoms with Crippen molar-refractivity contribution in [3.63, 3.8) is 0 Å². The largest absolute Gasteiger partial charge is 0.492 e. The summed E-state index contributed by atoms with van der Waals surface area (Å²) >= 11 is 7.11. The summed E-state index contributed by atoms with van der Waals surface area (Å²) in [5, 5.41) is 3.56. The minimum absolute atomic E-state index is 0.592. The average Bonchev–Trinajstić information content (AvgIpc) is 2.35. The number of nitrogens with one attached hydrogen (secondary N) is 1. The van der Waals surface area contributed by atoms with Crippen molar-refractivity contribution in [1.29, 1.82) is 0 Å². The van der Waals surface area contributed by atoms with E-state index in [-0.39, 0.29) is 0 Å². The average molecular weight is 379 g/mol. The van der Waals surface area contributed by atoms with Gasteiger partial charge < -0.3 is 10.1 Å². The van der Waals surface area contributed by atoms with E-state index < -0.39 is 0 Å². The Morgan fingerprint density at radius 1 is 1.11 bits per heavy atom. The van der Waals surface area contributed by atoms with Crippen LogP contribution in [0.1, 0.15) is 39.2 Å². The molecular weight excluding hydrogens is 358 g/mol. The molecule has 0 unspecified atom stereocenters. The number of ether oxygens (including phenoxy) is 1. The van der Waals surface area contributed by atoms with Crippen molar-refractivity contribution in [1.82, 2.24) is 5.32 Å². The lowest BCUT2D eigenvalue weighted by Gasteiger charge is -2.16. The van der Waals surface area contributed by atoms with E-state index >= 15 is 0 Å². The summed E-state index contributed by atoms with van der Waals surface area (Å²) in [6, 6.07) is 4.82. The van der Waals surface area contributed by atoms with Crippen LogP contribution in [0, 0.1) is 0 Å². The van der Waals surface area contributed by atoms with Gasteiger partial charge in [0, 0.05) is 12.6 Å². The third-order valence-electron chi connectivity index (χ3n) is 2.93. The van der Waals surface area contributed by atoms with E-state index in [1.807, 2.05) is 6.92 Å². The molecule has 0 atom stereocenters. The summed E-state index contributed by atoms with van der Waals surface area (Å²) in [6.07, 6.45) is 2.33. The van der Waals surface area contributed by atoms with E-state index in [4.69, 9.17) is 4.74 Å². The van der Waals surface area contributed by atoms with Crippen LogP contribution in [0.15, 0.2) is 21.1 Å². The van der Waals surface area contributed by atoms with Crippen molar-refractivity contribution in [2.75, 3.05) is 6.61 Å². The van der Waals surface area contributed by atoms with Crippen LogP contribution >= 0.6 is 31.9 Å². The molecule has 0 heterocycles. The zero-order valence-corrected chi connectivity index (χ0v) is 14.4. The zero-order chi connectivity index (χ0) is 13.5. The standard InChI is InChI=1S/C14H21Br2NO/c1-4-11(5-2)17-9-10-7-12(15)14(18-6-3)13(16)8-10/h7-8,11,17H,4-6,9H2,1-3H3. The summed E-state index contributed by atoms with van der Waals surface area (Å²) in [5.74, 6) is 0.879. The van der Waals surface area contributed by atoms with Crippen LogP contribution in [0.4, 0.5) is 0 Å². The summed E-state index contributed by atoms with van der Waals surface area (Å²) in [6.45, 7) is 7.97. The molecule has 0 aliphatic rings. The van der Waals surface area contributed by atoms with Gasteiger partial charge >= 0.3 is 0 Å². The predicted molar refractivity (Wildman–Crippen MR) is 84.2 cm³/mol. The lowest BCUT2D eigenvalue weighted by molar-refractivity contribution is 0.336. The van der Waals surface area contributed by atoms with E-state index in [2.05, 4.69) is 63.2 Å². The third kappa shape index (κ3) is 4.56. The molecule has 0 aliphatic heterocycles. The lowest BCUT2D eigenvalue weighted by Crippen LogP contribution is -2.26. The quantitative estimate of drug-likeness (QED) is 0.729. The summed E-state index contributed by atoms with van der Waals surface area (Å²) in [5.41, 5.74) is 1.25. The molecule has 0 amide bonds. The summed E-state index contributed by atoms with van der Waals surface area (Å²) in [7, 11) is 0. The zero-order valence-electron chi connectivity index (χ0n) is 11.2. The molecule has 2 nitrogen and oxygen atoms in total. The molecule has 102 valence electrons. The Bertz CT molecular complexity index is 355. The third-order valence-corrected chi connectivity index (χ3v) is 4.11. The van der Waals surface area contributed by atoms with Gasteiger partial charge in [-0.2, -0.15) is 0 Å². The highest BCUT2D eigenvalue weighted by atomic mass is 79.9. The number of halogens is 2. The molecule has 18 heavy (non-hydrogen) atoms. The Morgan fingerprint density at radius 3 is 2.11 bits per heavy atom. The number of hydrogen-bond acceptors (Lipinski definition) is 2. The van der Waals surface area contributed by atoms with Gasteiger partial charge in [-0.3, -0.25) is 0 Å². The fraction of sp³-hybridized carbons (Fsp3) is 0.571. The second kappa shape index (κ2) is 8.18. The van der Waals surface area contributed by atoms with Crippen molar-refractivity contribution in [3.05, 3.63) is 26.6 Å². The Morgan fingerprint density at radius 2 is 1.67 bits per heavy atom. The first-order valence-electron chi connectivity index (χ1n) is 6.46. The molecule has 1 N–H and O–H groups in total. The van der Waals surface area contributed by atoms with Gasteiger partial charge in [0.05, 0.1) is 15.6 Å². The van der Waals surface area contributed by atoms with Crippen molar-refractivity contribution in [3.8, 4) is 5.75 Å². The number of hydrogen-bond donors (Lipinski definition) is 1. The van der Waals surface area contributed by atoms with E-state index in [1.165, 1.54) is 5.56 Å². The maximum atomic E-state index is 5.58. The van der Waals surface area contributed by atoms with Gasteiger partial charge in [0.25, 0.3) is 0 Å². The SMILES string of the molecule is CCOc1c(Br)cc(CNC(CC)CC)cc1Br. The highest BCUT2D eigenvalue weighted by molar-refractivity contribution is 9.11. The minimum Gasteiger partial charge on any atom is -0.492 e. The van der Waals surface area contributed by atoms with Crippen molar-refractivity contribution >= 4 is 31.9 Å². The molecule has 1 rings (SSSR count). The number of rotatable bonds is 7. The molecule has 0 aliphatic carbocycles. The van der Waals surface area contributed by atoms with Crippen LogP contribution in [-0.2, 0) is 6.54 Å². The second-order valence-electron chi connectivity index (χ2n) is 4.22. The molecule has 1 aromatic rings. The van der Waals surface area contributed by atoms with Crippen LogP contribution in [0.2, 0.25) is 0 Å². The predicted octanol–water partition coefficient (Wildman–Crippen LogP) is 4.89. The molecule has 0 spiro atoms. The van der Waals surface area contributed by atoms with Crippen LogP contribution < -0.4 is 10.1 Å². The van der Waals surface area contributed by atoms with Gasteiger partial charge in [-0.15, -0.1) is 0 Å². The minimum atomic E-state index is 0.592. The second-order valence-corrected chi connectivity index (χ2v) is 5.92. The lowest BCUT2D eigenvalue weighted by atomic mass is 10.1. The Hall–Kier alpha value is -0.0600. The van der Waals surface area contributed by atoms with E-state index in [9.17, 15) is 0 Å². The molecule has 0 fully saturated rings.